The second-order valence-corrected chi connectivity index (χ2v) is 7.06. The van der Waals surface area contributed by atoms with Crippen molar-refractivity contribution in [2.24, 2.45) is 0 Å². The number of pyridine rings is 1. The summed E-state index contributed by atoms with van der Waals surface area (Å²) in [5.41, 5.74) is 7.62. The molecule has 2 nitrogen and oxygen atoms in total. The number of aryl methyl sites for hydroxylation is 3. The minimum Gasteiger partial charge on any atom is -1.00 e. The van der Waals surface area contributed by atoms with Crippen molar-refractivity contribution < 1.29 is 28.5 Å². The standard InChI is InChI=1S/C24H25N2.HI/c1-5-26-16-17(2)10-12-21(26)15-20-13-11-19-14-18(3)22-8-6-7-9-23(22)24(19)25(20)4;/h6-16H,5H2,1-4H3;1H/q+1;/p-1. The van der Waals surface area contributed by atoms with Gasteiger partial charge in [0.2, 0.25) is 5.69 Å². The van der Waals surface area contributed by atoms with Crippen molar-refractivity contribution in [2.75, 3.05) is 11.9 Å². The van der Waals surface area contributed by atoms with E-state index in [2.05, 4.69) is 104 Å². The molecular weight excluding hydrogens is 443 g/mol. The number of nitrogens with zero attached hydrogens (tertiary/aromatic N) is 2. The van der Waals surface area contributed by atoms with Gasteiger partial charge in [0.25, 0.3) is 0 Å². The average Bonchev–Trinajstić information content (AvgIpc) is 2.65. The minimum atomic E-state index is 0. The largest absolute Gasteiger partial charge is 1.00 e. The molecule has 2 heterocycles. The summed E-state index contributed by atoms with van der Waals surface area (Å²) in [5, 5.41) is 2.64. The molecule has 1 aromatic heterocycles. The van der Waals surface area contributed by atoms with E-state index in [4.69, 9.17) is 0 Å². The molecule has 0 amide bonds. The average molecular weight is 468 g/mol. The van der Waals surface area contributed by atoms with Gasteiger partial charge in [-0.25, -0.2) is 0 Å². The molecule has 0 radical (unpaired) electrons. The van der Waals surface area contributed by atoms with Gasteiger partial charge in [-0.2, -0.15) is 4.57 Å². The number of rotatable bonds is 2. The third-order valence-corrected chi connectivity index (χ3v) is 5.25. The van der Waals surface area contributed by atoms with Crippen LogP contribution in [-0.4, -0.2) is 7.05 Å². The summed E-state index contributed by atoms with van der Waals surface area (Å²) in [6.45, 7) is 7.49. The van der Waals surface area contributed by atoms with Crippen molar-refractivity contribution in [1.29, 1.82) is 0 Å². The van der Waals surface area contributed by atoms with Crippen LogP contribution in [0.15, 0.2) is 60.4 Å². The van der Waals surface area contributed by atoms with Gasteiger partial charge in [-0.1, -0.05) is 30.3 Å². The second kappa shape index (κ2) is 7.85. The van der Waals surface area contributed by atoms with Crippen LogP contribution in [0.5, 0.6) is 0 Å². The fourth-order valence-electron chi connectivity index (χ4n) is 3.86. The first-order chi connectivity index (χ1) is 12.6. The molecular formula is C24H25IN2. The molecule has 0 unspecified atom stereocenters. The summed E-state index contributed by atoms with van der Waals surface area (Å²) in [4.78, 5) is 2.32. The number of allylic oxidation sites excluding steroid dienone is 1. The van der Waals surface area contributed by atoms with Gasteiger partial charge < -0.3 is 28.9 Å². The van der Waals surface area contributed by atoms with Crippen molar-refractivity contribution in [3.8, 4) is 0 Å². The Labute approximate surface area is 178 Å². The molecule has 0 aliphatic carbocycles. The number of hydrogen-bond donors (Lipinski definition) is 0. The zero-order chi connectivity index (χ0) is 18.3. The fraction of sp³-hybridized carbons (Fsp3) is 0.208. The van der Waals surface area contributed by atoms with Crippen molar-refractivity contribution >= 4 is 28.6 Å². The smallest absolute Gasteiger partial charge is 0.207 e. The maximum atomic E-state index is 2.32. The van der Waals surface area contributed by atoms with E-state index in [9.17, 15) is 0 Å². The van der Waals surface area contributed by atoms with Gasteiger partial charge in [0.05, 0.1) is 5.69 Å². The fourth-order valence-corrected chi connectivity index (χ4v) is 3.86. The predicted molar refractivity (Wildman–Crippen MR) is 111 cm³/mol. The number of benzene rings is 2. The van der Waals surface area contributed by atoms with Crippen LogP contribution in [0.25, 0.3) is 22.9 Å². The lowest BCUT2D eigenvalue weighted by Crippen LogP contribution is -3.00. The Bertz CT molecular complexity index is 1060. The van der Waals surface area contributed by atoms with Crippen LogP contribution in [0, 0.1) is 13.8 Å². The number of fused-ring (bicyclic) bond motifs is 3. The van der Waals surface area contributed by atoms with Crippen LogP contribution in [-0.2, 0) is 6.54 Å². The molecule has 0 bridgehead atoms. The molecule has 0 atom stereocenters. The minimum absolute atomic E-state index is 0. The van der Waals surface area contributed by atoms with Crippen molar-refractivity contribution in [3.05, 3.63) is 82.8 Å². The number of hydrogen-bond acceptors (Lipinski definition) is 1. The molecule has 3 aromatic rings. The first kappa shape index (κ1) is 19.6. The Morgan fingerprint density at radius 2 is 1.74 bits per heavy atom. The molecule has 0 saturated heterocycles. The summed E-state index contributed by atoms with van der Waals surface area (Å²) >= 11 is 0. The third kappa shape index (κ3) is 3.53. The lowest BCUT2D eigenvalue weighted by Gasteiger charge is -2.28. The summed E-state index contributed by atoms with van der Waals surface area (Å²) < 4.78 is 2.30. The highest BCUT2D eigenvalue weighted by Gasteiger charge is 2.19. The SMILES string of the molecule is CC[n+]1cc(C)ccc1/C=C1\C=Cc2cc(C)c3ccccc3c2N1C.[I-]. The molecule has 0 fully saturated rings. The Kier molecular flexibility index (Phi) is 5.70. The van der Waals surface area contributed by atoms with Gasteiger partial charge in [0, 0.05) is 35.8 Å². The molecule has 0 N–H and O–H groups in total. The van der Waals surface area contributed by atoms with E-state index in [1.54, 1.807) is 0 Å². The zero-order valence-corrected chi connectivity index (χ0v) is 18.5. The summed E-state index contributed by atoms with van der Waals surface area (Å²) in [6, 6.07) is 15.4. The van der Waals surface area contributed by atoms with Gasteiger partial charge in [0.15, 0.2) is 6.20 Å². The highest BCUT2D eigenvalue weighted by atomic mass is 127. The van der Waals surface area contributed by atoms with Crippen LogP contribution in [0.1, 0.15) is 29.3 Å². The Morgan fingerprint density at radius 1 is 1.00 bits per heavy atom. The normalized spacial score (nSPS) is 14.4. The third-order valence-electron chi connectivity index (χ3n) is 5.25. The molecule has 3 heteroatoms. The van der Waals surface area contributed by atoms with Crippen LogP contribution in [0.4, 0.5) is 5.69 Å². The monoisotopic (exact) mass is 468 g/mol. The van der Waals surface area contributed by atoms with Crippen LogP contribution in [0.2, 0.25) is 0 Å². The summed E-state index contributed by atoms with van der Waals surface area (Å²) in [5.74, 6) is 0. The van der Waals surface area contributed by atoms with Crippen molar-refractivity contribution in [2.45, 2.75) is 27.3 Å². The van der Waals surface area contributed by atoms with Gasteiger partial charge >= 0.3 is 0 Å². The summed E-state index contributed by atoms with van der Waals surface area (Å²) in [7, 11) is 2.17. The van der Waals surface area contributed by atoms with E-state index in [1.165, 1.54) is 44.5 Å². The maximum absolute atomic E-state index is 2.32. The molecule has 4 rings (SSSR count). The van der Waals surface area contributed by atoms with Crippen LogP contribution < -0.4 is 33.4 Å². The van der Waals surface area contributed by atoms with E-state index in [0.29, 0.717) is 0 Å². The molecule has 2 aromatic carbocycles. The van der Waals surface area contributed by atoms with E-state index >= 15 is 0 Å². The molecule has 27 heavy (non-hydrogen) atoms. The number of anilines is 1. The van der Waals surface area contributed by atoms with E-state index in [0.717, 1.165) is 6.54 Å². The first-order valence-electron chi connectivity index (χ1n) is 9.24. The Balaban J connectivity index is 0.00000210. The lowest BCUT2D eigenvalue weighted by atomic mass is 9.95. The van der Waals surface area contributed by atoms with Gasteiger partial charge in [-0.3, -0.25) is 0 Å². The quantitative estimate of drug-likeness (QED) is 0.414. The van der Waals surface area contributed by atoms with Crippen molar-refractivity contribution in [1.82, 2.24) is 0 Å². The molecule has 0 saturated carbocycles. The molecule has 0 spiro atoms. The van der Waals surface area contributed by atoms with Crippen LogP contribution >= 0.6 is 0 Å². The maximum Gasteiger partial charge on any atom is 0.207 e. The first-order valence-corrected chi connectivity index (χ1v) is 9.24. The van der Waals surface area contributed by atoms with Crippen LogP contribution in [0.3, 0.4) is 0 Å². The Hall–Kier alpha value is -2.14. The van der Waals surface area contributed by atoms with E-state index < -0.39 is 0 Å². The number of likely N-dealkylation sites (N-methyl/N-ethyl adjacent to an activating group) is 1. The van der Waals surface area contributed by atoms with E-state index in [-0.39, 0.29) is 24.0 Å². The van der Waals surface area contributed by atoms with Gasteiger partial charge in [-0.15, -0.1) is 0 Å². The second-order valence-electron chi connectivity index (χ2n) is 7.06. The number of aromatic nitrogens is 1. The number of halogens is 1. The highest BCUT2D eigenvalue weighted by Crippen LogP contribution is 2.38. The lowest BCUT2D eigenvalue weighted by molar-refractivity contribution is -0.695. The molecule has 1 aliphatic rings. The van der Waals surface area contributed by atoms with Crippen molar-refractivity contribution in [3.63, 3.8) is 0 Å². The van der Waals surface area contributed by atoms with Gasteiger partial charge in [0.1, 0.15) is 6.54 Å². The predicted octanol–water partition coefficient (Wildman–Crippen LogP) is 2.27. The highest BCUT2D eigenvalue weighted by molar-refractivity contribution is 6.02. The molecule has 1 aliphatic heterocycles. The zero-order valence-electron chi connectivity index (χ0n) is 16.3. The van der Waals surface area contributed by atoms with E-state index in [1.807, 2.05) is 0 Å². The van der Waals surface area contributed by atoms with Gasteiger partial charge in [-0.05, 0) is 55.5 Å². The molecule has 138 valence electrons. The summed E-state index contributed by atoms with van der Waals surface area (Å²) in [6.07, 6.45) is 8.95. The topological polar surface area (TPSA) is 7.12 Å². The Morgan fingerprint density at radius 3 is 2.48 bits per heavy atom.